The number of amides is 2. The van der Waals surface area contributed by atoms with Gasteiger partial charge in [0, 0.05) is 21.5 Å². The van der Waals surface area contributed by atoms with E-state index in [4.69, 9.17) is 16.1 Å². The van der Waals surface area contributed by atoms with E-state index in [1.165, 1.54) is 11.0 Å². The first-order chi connectivity index (χ1) is 15.4. The summed E-state index contributed by atoms with van der Waals surface area (Å²) in [6.45, 7) is 0.375. The van der Waals surface area contributed by atoms with E-state index in [1.54, 1.807) is 42.5 Å². The molecule has 8 nitrogen and oxygen atoms in total. The highest BCUT2D eigenvalue weighted by Crippen LogP contribution is 2.33. The van der Waals surface area contributed by atoms with Crippen molar-refractivity contribution >= 4 is 50.0 Å². The summed E-state index contributed by atoms with van der Waals surface area (Å²) in [6, 6.07) is 18.7. The molecule has 162 valence electrons. The summed E-state index contributed by atoms with van der Waals surface area (Å²) < 4.78 is 34.0. The number of nitrogens with zero attached hydrogens (tertiary/aromatic N) is 2. The van der Waals surface area contributed by atoms with Crippen LogP contribution in [0.4, 0.5) is 16.4 Å². The standard InChI is InChI=1S/C22H17ClN4O4S/c23-18-10-4-9-16-15(18)8-5-11-20(16)32(29,30)26-21-17-12-27(13-19(17)25-31-21)22(28)24-14-6-2-1-3-7-14/h1-11,26H,12-13H2,(H,24,28). The van der Waals surface area contributed by atoms with Gasteiger partial charge < -0.3 is 14.7 Å². The lowest BCUT2D eigenvalue weighted by molar-refractivity contribution is 0.210. The fourth-order valence-electron chi connectivity index (χ4n) is 3.66. The summed E-state index contributed by atoms with van der Waals surface area (Å²) in [5.41, 5.74) is 1.69. The number of para-hydroxylation sites is 1. The smallest absolute Gasteiger partial charge is 0.322 e. The van der Waals surface area contributed by atoms with Crippen LogP contribution in [-0.2, 0) is 23.1 Å². The molecule has 0 unspecified atom stereocenters. The van der Waals surface area contributed by atoms with E-state index < -0.39 is 10.0 Å². The number of urea groups is 1. The monoisotopic (exact) mass is 468 g/mol. The third kappa shape index (κ3) is 3.65. The number of benzene rings is 3. The maximum Gasteiger partial charge on any atom is 0.322 e. The maximum absolute atomic E-state index is 13.1. The highest BCUT2D eigenvalue weighted by Gasteiger charge is 2.32. The molecule has 10 heteroatoms. The molecule has 32 heavy (non-hydrogen) atoms. The van der Waals surface area contributed by atoms with Gasteiger partial charge in [0.2, 0.25) is 5.88 Å². The number of aromatic nitrogens is 1. The van der Waals surface area contributed by atoms with E-state index in [9.17, 15) is 13.2 Å². The van der Waals surface area contributed by atoms with Crippen LogP contribution in [0.25, 0.3) is 10.8 Å². The molecule has 0 saturated heterocycles. The minimum atomic E-state index is -4.00. The van der Waals surface area contributed by atoms with Crippen molar-refractivity contribution < 1.29 is 17.7 Å². The van der Waals surface area contributed by atoms with E-state index in [0.29, 0.717) is 32.7 Å². The van der Waals surface area contributed by atoms with Crippen LogP contribution in [0, 0.1) is 0 Å². The van der Waals surface area contributed by atoms with Gasteiger partial charge in [-0.2, -0.15) is 0 Å². The molecule has 0 radical (unpaired) electrons. The Labute approximate surface area is 188 Å². The fourth-order valence-corrected chi connectivity index (χ4v) is 5.14. The van der Waals surface area contributed by atoms with Crippen molar-refractivity contribution in [1.82, 2.24) is 10.1 Å². The van der Waals surface area contributed by atoms with Gasteiger partial charge in [-0.3, -0.25) is 0 Å². The van der Waals surface area contributed by atoms with Gasteiger partial charge in [-0.15, -0.1) is 0 Å². The molecule has 0 aliphatic carbocycles. The van der Waals surface area contributed by atoms with Crippen LogP contribution in [0.3, 0.4) is 0 Å². The summed E-state index contributed by atoms with van der Waals surface area (Å²) in [6.07, 6.45) is 0. The van der Waals surface area contributed by atoms with Crippen LogP contribution < -0.4 is 10.0 Å². The molecule has 0 fully saturated rings. The van der Waals surface area contributed by atoms with Gasteiger partial charge in [0.15, 0.2) is 0 Å². The Morgan fingerprint density at radius 1 is 0.969 bits per heavy atom. The van der Waals surface area contributed by atoms with Gasteiger partial charge in [0.25, 0.3) is 10.0 Å². The SMILES string of the molecule is O=C(Nc1ccccc1)N1Cc2noc(NS(=O)(=O)c3cccc4c(Cl)cccc34)c2C1. The average Bonchev–Trinajstić information content (AvgIpc) is 3.36. The topological polar surface area (TPSA) is 105 Å². The van der Waals surface area contributed by atoms with Gasteiger partial charge in [0.1, 0.15) is 5.69 Å². The van der Waals surface area contributed by atoms with E-state index >= 15 is 0 Å². The molecule has 1 aliphatic rings. The Morgan fingerprint density at radius 3 is 2.53 bits per heavy atom. The molecule has 4 aromatic rings. The zero-order valence-electron chi connectivity index (χ0n) is 16.6. The van der Waals surface area contributed by atoms with Crippen LogP contribution in [0.2, 0.25) is 5.02 Å². The second kappa shape index (κ2) is 7.85. The minimum Gasteiger partial charge on any atom is -0.337 e. The Morgan fingerprint density at radius 2 is 1.72 bits per heavy atom. The fraction of sp³-hybridized carbons (Fsp3) is 0.0909. The van der Waals surface area contributed by atoms with Crippen molar-refractivity contribution in [3.05, 3.63) is 83.0 Å². The second-order valence-corrected chi connectivity index (χ2v) is 9.34. The summed E-state index contributed by atoms with van der Waals surface area (Å²) in [5, 5.41) is 8.33. The number of sulfonamides is 1. The predicted molar refractivity (Wildman–Crippen MR) is 121 cm³/mol. The lowest BCUT2D eigenvalue weighted by atomic mass is 10.1. The molecule has 0 spiro atoms. The minimum absolute atomic E-state index is 0.00552. The van der Waals surface area contributed by atoms with Gasteiger partial charge in [-0.05, 0) is 24.3 Å². The maximum atomic E-state index is 13.1. The number of carbonyl (C=O) groups is 1. The van der Waals surface area contributed by atoms with Crippen molar-refractivity contribution in [2.45, 2.75) is 18.0 Å². The zero-order valence-corrected chi connectivity index (χ0v) is 18.2. The van der Waals surface area contributed by atoms with Crippen LogP contribution in [-0.4, -0.2) is 24.5 Å². The summed E-state index contributed by atoms with van der Waals surface area (Å²) in [5.74, 6) is -0.00552. The van der Waals surface area contributed by atoms with Crippen LogP contribution in [0.1, 0.15) is 11.3 Å². The van der Waals surface area contributed by atoms with Gasteiger partial charge in [-0.25, -0.2) is 17.9 Å². The summed E-state index contributed by atoms with van der Waals surface area (Å²) in [7, 11) is -4.00. The number of carbonyl (C=O) groups excluding carboxylic acids is 1. The summed E-state index contributed by atoms with van der Waals surface area (Å²) >= 11 is 6.22. The van der Waals surface area contributed by atoms with E-state index in [-0.39, 0.29) is 29.9 Å². The number of anilines is 2. The molecule has 0 saturated carbocycles. The molecule has 1 aliphatic heterocycles. The van der Waals surface area contributed by atoms with Crippen LogP contribution in [0.15, 0.2) is 76.1 Å². The number of nitrogens with one attached hydrogen (secondary N) is 2. The molecule has 2 amide bonds. The Balaban J connectivity index is 1.38. The molecule has 0 bridgehead atoms. The largest absolute Gasteiger partial charge is 0.337 e. The lowest BCUT2D eigenvalue weighted by Crippen LogP contribution is -2.30. The molecule has 3 aromatic carbocycles. The molecule has 2 heterocycles. The van der Waals surface area contributed by atoms with E-state index in [0.717, 1.165) is 0 Å². The van der Waals surface area contributed by atoms with Gasteiger partial charge >= 0.3 is 6.03 Å². The quantitative estimate of drug-likeness (QED) is 0.446. The lowest BCUT2D eigenvalue weighted by Gasteiger charge is -2.16. The Hall–Kier alpha value is -3.56. The van der Waals surface area contributed by atoms with E-state index in [1.807, 2.05) is 18.2 Å². The molecule has 1 aromatic heterocycles. The van der Waals surface area contributed by atoms with Crippen LogP contribution >= 0.6 is 11.6 Å². The van der Waals surface area contributed by atoms with Crippen LogP contribution in [0.5, 0.6) is 0 Å². The third-order valence-electron chi connectivity index (χ3n) is 5.22. The van der Waals surface area contributed by atoms with Crippen molar-refractivity contribution in [2.75, 3.05) is 10.0 Å². The average molecular weight is 469 g/mol. The summed E-state index contributed by atoms with van der Waals surface area (Å²) in [4.78, 5) is 14.2. The number of halogens is 1. The molecule has 2 N–H and O–H groups in total. The highest BCUT2D eigenvalue weighted by molar-refractivity contribution is 7.93. The second-order valence-electron chi connectivity index (χ2n) is 7.29. The zero-order chi connectivity index (χ0) is 22.3. The van der Waals surface area contributed by atoms with Crippen molar-refractivity contribution in [1.29, 1.82) is 0 Å². The third-order valence-corrected chi connectivity index (χ3v) is 6.94. The number of rotatable bonds is 4. The number of fused-ring (bicyclic) bond motifs is 2. The first-order valence-electron chi connectivity index (χ1n) is 9.71. The Bertz CT molecular complexity index is 1440. The molecule has 0 atom stereocenters. The molecular formula is C22H17ClN4O4S. The van der Waals surface area contributed by atoms with Crippen molar-refractivity contribution in [3.8, 4) is 0 Å². The highest BCUT2D eigenvalue weighted by atomic mass is 35.5. The van der Waals surface area contributed by atoms with Gasteiger partial charge in [0.05, 0.1) is 23.5 Å². The normalized spacial score (nSPS) is 13.2. The number of hydrogen-bond acceptors (Lipinski definition) is 5. The molecular weight excluding hydrogens is 452 g/mol. The van der Waals surface area contributed by atoms with E-state index in [2.05, 4.69) is 15.2 Å². The first kappa shape index (κ1) is 20.3. The van der Waals surface area contributed by atoms with Crippen molar-refractivity contribution in [2.24, 2.45) is 0 Å². The van der Waals surface area contributed by atoms with Gasteiger partial charge in [-0.1, -0.05) is 59.2 Å². The molecule has 5 rings (SSSR count). The predicted octanol–water partition coefficient (Wildman–Crippen LogP) is 4.83. The first-order valence-corrected chi connectivity index (χ1v) is 11.6. The van der Waals surface area contributed by atoms with Crippen molar-refractivity contribution in [3.63, 3.8) is 0 Å². The Kier molecular flexibility index (Phi) is 4.99. The number of hydrogen-bond donors (Lipinski definition) is 2.